The zero-order valence-electron chi connectivity index (χ0n) is 11.4. The van der Waals surface area contributed by atoms with Gasteiger partial charge in [0.15, 0.2) is 6.29 Å². The van der Waals surface area contributed by atoms with Crippen molar-refractivity contribution in [2.45, 2.75) is 13.5 Å². The Labute approximate surface area is 124 Å². The Morgan fingerprint density at radius 3 is 2.50 bits per heavy atom. The van der Waals surface area contributed by atoms with Crippen LogP contribution in [0.15, 0.2) is 55.6 Å². The molecule has 0 atom stereocenters. The fourth-order valence-electron chi connectivity index (χ4n) is 1.71. The van der Waals surface area contributed by atoms with Crippen molar-refractivity contribution in [3.8, 4) is 5.75 Å². The van der Waals surface area contributed by atoms with Gasteiger partial charge in [-0.05, 0) is 24.6 Å². The van der Waals surface area contributed by atoms with Crippen molar-refractivity contribution in [3.05, 3.63) is 77.3 Å². The molecule has 104 valence electrons. The van der Waals surface area contributed by atoms with Gasteiger partial charge in [-0.25, -0.2) is 0 Å². The number of para-hydroxylation sites is 1. The molecular formula is C17H17ClO2. The number of benzene rings is 2. The van der Waals surface area contributed by atoms with Crippen LogP contribution in [0, 0.1) is 6.92 Å². The highest BCUT2D eigenvalue weighted by atomic mass is 35.5. The third-order valence-electron chi connectivity index (χ3n) is 2.75. The molecule has 0 saturated carbocycles. The molecule has 2 nitrogen and oxygen atoms in total. The number of hydrogen-bond acceptors (Lipinski definition) is 2. The van der Waals surface area contributed by atoms with Crippen LogP contribution in [-0.4, -0.2) is 6.29 Å². The first-order chi connectivity index (χ1) is 9.72. The number of carbonyl (C=O) groups is 1. The summed E-state index contributed by atoms with van der Waals surface area (Å²) in [5, 5.41) is 0.549. The number of aldehydes is 1. The fourth-order valence-corrected chi connectivity index (χ4v) is 1.94. The second-order valence-electron chi connectivity index (χ2n) is 3.98. The van der Waals surface area contributed by atoms with Gasteiger partial charge in [-0.15, -0.1) is 13.2 Å². The summed E-state index contributed by atoms with van der Waals surface area (Å²) in [5.74, 6) is 0.800. The van der Waals surface area contributed by atoms with E-state index in [1.807, 2.05) is 31.2 Å². The van der Waals surface area contributed by atoms with Crippen molar-refractivity contribution in [2.24, 2.45) is 0 Å². The second kappa shape index (κ2) is 8.18. The van der Waals surface area contributed by atoms with E-state index in [4.69, 9.17) is 16.3 Å². The van der Waals surface area contributed by atoms with Crippen LogP contribution in [0.1, 0.15) is 21.5 Å². The predicted octanol–water partition coefficient (Wildman–Crippen LogP) is 4.84. The van der Waals surface area contributed by atoms with Gasteiger partial charge in [0.05, 0.1) is 0 Å². The largest absolute Gasteiger partial charge is 0.489 e. The van der Waals surface area contributed by atoms with E-state index in [1.54, 1.807) is 18.2 Å². The maximum atomic E-state index is 10.9. The molecule has 0 aromatic heterocycles. The summed E-state index contributed by atoms with van der Waals surface area (Å²) in [4.78, 5) is 10.9. The van der Waals surface area contributed by atoms with Gasteiger partial charge in [0.2, 0.25) is 0 Å². The first kappa shape index (κ1) is 16.0. The molecule has 0 heterocycles. The van der Waals surface area contributed by atoms with E-state index in [0.29, 0.717) is 17.2 Å². The smallest absolute Gasteiger partial charge is 0.150 e. The van der Waals surface area contributed by atoms with Crippen LogP contribution in [0.25, 0.3) is 0 Å². The zero-order chi connectivity index (χ0) is 15.0. The van der Waals surface area contributed by atoms with Crippen molar-refractivity contribution in [1.82, 2.24) is 0 Å². The topological polar surface area (TPSA) is 26.3 Å². The van der Waals surface area contributed by atoms with E-state index >= 15 is 0 Å². The van der Waals surface area contributed by atoms with Crippen molar-refractivity contribution in [2.75, 3.05) is 0 Å². The first-order valence-corrected chi connectivity index (χ1v) is 6.51. The summed E-state index contributed by atoms with van der Waals surface area (Å²) in [6.07, 6.45) is 0.794. The third-order valence-corrected chi connectivity index (χ3v) is 3.10. The predicted molar refractivity (Wildman–Crippen MR) is 83.6 cm³/mol. The molecule has 0 fully saturated rings. The second-order valence-corrected chi connectivity index (χ2v) is 4.39. The lowest BCUT2D eigenvalue weighted by atomic mass is 10.1. The molecule has 0 spiro atoms. The van der Waals surface area contributed by atoms with E-state index in [0.717, 1.165) is 23.2 Å². The lowest BCUT2D eigenvalue weighted by Crippen LogP contribution is -2.01. The molecule has 2 aromatic rings. The minimum atomic E-state index is 0.290. The van der Waals surface area contributed by atoms with Gasteiger partial charge in [-0.2, -0.15) is 0 Å². The normalized spacial score (nSPS) is 9.30. The molecule has 3 heteroatoms. The zero-order valence-corrected chi connectivity index (χ0v) is 12.2. The lowest BCUT2D eigenvalue weighted by molar-refractivity contribution is 0.112. The van der Waals surface area contributed by atoms with Crippen LogP contribution in [-0.2, 0) is 6.61 Å². The van der Waals surface area contributed by atoms with Crippen LogP contribution >= 0.6 is 11.6 Å². The van der Waals surface area contributed by atoms with E-state index in [2.05, 4.69) is 13.2 Å². The van der Waals surface area contributed by atoms with Crippen molar-refractivity contribution < 1.29 is 9.53 Å². The fraction of sp³-hybridized carbons (Fsp3) is 0.118. The Morgan fingerprint density at radius 1 is 1.15 bits per heavy atom. The van der Waals surface area contributed by atoms with Crippen LogP contribution < -0.4 is 4.74 Å². The van der Waals surface area contributed by atoms with Gasteiger partial charge in [0.25, 0.3) is 0 Å². The molecular weight excluding hydrogens is 272 g/mol. The van der Waals surface area contributed by atoms with Crippen LogP contribution in [0.2, 0.25) is 5.02 Å². The van der Waals surface area contributed by atoms with E-state index < -0.39 is 0 Å². The maximum Gasteiger partial charge on any atom is 0.150 e. The Morgan fingerprint density at radius 2 is 1.85 bits per heavy atom. The van der Waals surface area contributed by atoms with Gasteiger partial charge >= 0.3 is 0 Å². The molecule has 0 aliphatic rings. The molecule has 0 N–H and O–H groups in total. The van der Waals surface area contributed by atoms with Crippen molar-refractivity contribution in [1.29, 1.82) is 0 Å². The Balaban J connectivity index is 0.000000956. The summed E-state index contributed by atoms with van der Waals surface area (Å²) in [5.41, 5.74) is 2.34. The molecule has 20 heavy (non-hydrogen) atoms. The lowest BCUT2D eigenvalue weighted by Gasteiger charge is -2.11. The average molecular weight is 289 g/mol. The number of carbonyl (C=O) groups excluding carboxylic acids is 1. The van der Waals surface area contributed by atoms with Gasteiger partial charge < -0.3 is 4.74 Å². The quantitative estimate of drug-likeness (QED) is 0.594. The van der Waals surface area contributed by atoms with Crippen molar-refractivity contribution >= 4 is 17.9 Å². The minimum Gasteiger partial charge on any atom is -0.489 e. The van der Waals surface area contributed by atoms with Crippen LogP contribution in [0.4, 0.5) is 0 Å². The van der Waals surface area contributed by atoms with E-state index in [-0.39, 0.29) is 0 Å². The minimum absolute atomic E-state index is 0.290. The molecule has 0 unspecified atom stereocenters. The highest BCUT2D eigenvalue weighted by Gasteiger charge is 2.07. The third kappa shape index (κ3) is 3.97. The molecule has 0 bridgehead atoms. The van der Waals surface area contributed by atoms with Gasteiger partial charge in [0, 0.05) is 16.1 Å². The number of halogens is 1. The molecule has 2 aromatic carbocycles. The first-order valence-electron chi connectivity index (χ1n) is 6.13. The number of hydrogen-bond donors (Lipinski definition) is 0. The maximum absolute atomic E-state index is 10.9. The summed E-state index contributed by atoms with van der Waals surface area (Å²) in [6, 6.07) is 13.0. The Hall–Kier alpha value is -2.06. The molecule has 0 saturated heterocycles. The highest BCUT2D eigenvalue weighted by molar-refractivity contribution is 6.31. The molecule has 0 radical (unpaired) electrons. The number of rotatable bonds is 4. The Bertz CT molecular complexity index is 579. The molecule has 0 aliphatic heterocycles. The molecule has 0 amide bonds. The number of ether oxygens (including phenoxy) is 1. The highest BCUT2D eigenvalue weighted by Crippen LogP contribution is 2.23. The van der Waals surface area contributed by atoms with Crippen LogP contribution in [0.5, 0.6) is 5.75 Å². The monoisotopic (exact) mass is 288 g/mol. The van der Waals surface area contributed by atoms with Crippen LogP contribution in [0.3, 0.4) is 0 Å². The van der Waals surface area contributed by atoms with Gasteiger partial charge in [-0.1, -0.05) is 41.9 Å². The van der Waals surface area contributed by atoms with E-state index in [9.17, 15) is 4.79 Å². The van der Waals surface area contributed by atoms with Gasteiger partial charge in [-0.3, -0.25) is 4.79 Å². The summed E-state index contributed by atoms with van der Waals surface area (Å²) < 4.78 is 5.70. The summed E-state index contributed by atoms with van der Waals surface area (Å²) in [6.45, 7) is 8.27. The van der Waals surface area contributed by atoms with E-state index in [1.165, 1.54) is 0 Å². The summed E-state index contributed by atoms with van der Waals surface area (Å²) in [7, 11) is 0. The summed E-state index contributed by atoms with van der Waals surface area (Å²) >= 11 is 6.08. The van der Waals surface area contributed by atoms with Crippen molar-refractivity contribution in [3.63, 3.8) is 0 Å². The number of aryl methyl sites for hydroxylation is 1. The van der Waals surface area contributed by atoms with Gasteiger partial charge in [0.1, 0.15) is 12.4 Å². The SMILES string of the molecule is C=C.Cc1ccccc1OCc1c(Cl)cccc1C=O. The Kier molecular flexibility index (Phi) is 6.54. The molecule has 2 rings (SSSR count). The average Bonchev–Trinajstić information content (AvgIpc) is 2.49. The molecule has 0 aliphatic carbocycles. The standard InChI is InChI=1S/C15H13ClO2.C2H4/c1-11-5-2-3-8-15(11)18-10-13-12(9-17)6-4-7-14(13)16;1-2/h2-9H,10H2,1H3;1-2H2.